The van der Waals surface area contributed by atoms with Gasteiger partial charge in [-0.15, -0.1) is 0 Å². The van der Waals surface area contributed by atoms with Crippen molar-refractivity contribution in [2.75, 3.05) is 46.4 Å². The Kier molecular flexibility index (Phi) is 5.67. The summed E-state index contributed by atoms with van der Waals surface area (Å²) in [7, 11) is 2.20. The van der Waals surface area contributed by atoms with E-state index in [0.29, 0.717) is 0 Å². The van der Waals surface area contributed by atoms with Crippen LogP contribution >= 0.6 is 0 Å². The van der Waals surface area contributed by atoms with Gasteiger partial charge in [0.25, 0.3) is 0 Å². The molecule has 2 rings (SSSR count). The molecule has 1 aromatic carbocycles. The van der Waals surface area contributed by atoms with E-state index in [0.717, 1.165) is 18.8 Å². The zero-order valence-corrected chi connectivity index (χ0v) is 12.3. The number of benzene rings is 1. The van der Waals surface area contributed by atoms with Crippen LogP contribution in [0.15, 0.2) is 24.3 Å². The third-order valence-corrected chi connectivity index (χ3v) is 3.75. The largest absolute Gasteiger partial charge is 0.494 e. The van der Waals surface area contributed by atoms with Crippen LogP contribution in [0.3, 0.4) is 0 Å². The van der Waals surface area contributed by atoms with Crippen molar-refractivity contribution >= 4 is 0 Å². The van der Waals surface area contributed by atoms with E-state index in [2.05, 4.69) is 48.0 Å². The van der Waals surface area contributed by atoms with Crippen molar-refractivity contribution in [1.82, 2.24) is 9.80 Å². The molecule has 0 bridgehead atoms. The van der Waals surface area contributed by atoms with E-state index in [9.17, 15) is 0 Å². The van der Waals surface area contributed by atoms with Crippen molar-refractivity contribution in [3.63, 3.8) is 0 Å². The second-order valence-corrected chi connectivity index (χ2v) is 5.51. The number of rotatable bonds is 6. The van der Waals surface area contributed by atoms with Crippen LogP contribution in [-0.4, -0.2) is 56.2 Å². The van der Waals surface area contributed by atoms with Gasteiger partial charge in [0.05, 0.1) is 6.61 Å². The zero-order chi connectivity index (χ0) is 13.5. The van der Waals surface area contributed by atoms with Crippen LogP contribution in [0.2, 0.25) is 0 Å². The van der Waals surface area contributed by atoms with Gasteiger partial charge in [-0.1, -0.05) is 17.7 Å². The van der Waals surface area contributed by atoms with E-state index < -0.39 is 0 Å². The Morgan fingerprint density at radius 3 is 2.37 bits per heavy atom. The summed E-state index contributed by atoms with van der Waals surface area (Å²) in [5, 5.41) is 0. The van der Waals surface area contributed by atoms with E-state index in [1.165, 1.54) is 44.7 Å². The summed E-state index contributed by atoms with van der Waals surface area (Å²) in [6.07, 6.45) is 2.37. The molecule has 0 N–H and O–H groups in total. The van der Waals surface area contributed by atoms with Gasteiger partial charge in [-0.3, -0.25) is 0 Å². The summed E-state index contributed by atoms with van der Waals surface area (Å²) >= 11 is 0. The maximum atomic E-state index is 5.74. The van der Waals surface area contributed by atoms with Crippen molar-refractivity contribution < 1.29 is 4.74 Å². The van der Waals surface area contributed by atoms with Gasteiger partial charge >= 0.3 is 0 Å². The first kappa shape index (κ1) is 14.4. The summed E-state index contributed by atoms with van der Waals surface area (Å²) in [5.41, 5.74) is 1.28. The van der Waals surface area contributed by atoms with Gasteiger partial charge in [0.1, 0.15) is 5.75 Å². The molecular weight excluding hydrogens is 236 g/mol. The molecule has 0 aliphatic carbocycles. The number of nitrogens with zero attached hydrogens (tertiary/aromatic N) is 2. The summed E-state index contributed by atoms with van der Waals surface area (Å²) in [6.45, 7) is 8.99. The maximum Gasteiger partial charge on any atom is 0.119 e. The van der Waals surface area contributed by atoms with E-state index in [1.807, 2.05) is 0 Å². The molecule has 1 heterocycles. The predicted molar refractivity (Wildman–Crippen MR) is 79.8 cm³/mol. The lowest BCUT2D eigenvalue weighted by molar-refractivity contribution is 0.150. The van der Waals surface area contributed by atoms with Crippen LogP contribution in [0.1, 0.15) is 18.4 Å². The molecule has 0 unspecified atom stereocenters. The highest BCUT2D eigenvalue weighted by Gasteiger charge is 2.12. The smallest absolute Gasteiger partial charge is 0.119 e. The normalized spacial score (nSPS) is 17.6. The fraction of sp³-hybridized carbons (Fsp3) is 0.625. The standard InChI is InChI=1S/C16H26N2O/c1-15-5-7-16(8-6-15)19-14-4-3-9-18-12-10-17(2)11-13-18/h5-8H,3-4,9-14H2,1-2H3. The molecule has 1 fully saturated rings. The topological polar surface area (TPSA) is 15.7 Å². The van der Waals surface area contributed by atoms with E-state index in [-0.39, 0.29) is 0 Å². The SMILES string of the molecule is Cc1ccc(OCCCCN2CCN(C)CC2)cc1. The Morgan fingerprint density at radius 1 is 1.00 bits per heavy atom. The number of hydrogen-bond acceptors (Lipinski definition) is 3. The summed E-state index contributed by atoms with van der Waals surface area (Å²) < 4.78 is 5.74. The van der Waals surface area contributed by atoms with Crippen LogP contribution in [0, 0.1) is 6.92 Å². The molecule has 0 atom stereocenters. The van der Waals surface area contributed by atoms with Crippen molar-refractivity contribution in [2.45, 2.75) is 19.8 Å². The second-order valence-electron chi connectivity index (χ2n) is 5.51. The van der Waals surface area contributed by atoms with Gasteiger partial charge in [0, 0.05) is 26.2 Å². The lowest BCUT2D eigenvalue weighted by atomic mass is 10.2. The Balaban J connectivity index is 1.53. The lowest BCUT2D eigenvalue weighted by Crippen LogP contribution is -2.44. The molecule has 1 saturated heterocycles. The highest BCUT2D eigenvalue weighted by molar-refractivity contribution is 5.26. The molecule has 1 aromatic rings. The second kappa shape index (κ2) is 7.51. The summed E-state index contributed by atoms with van der Waals surface area (Å²) in [4.78, 5) is 4.96. The Labute approximate surface area is 117 Å². The molecule has 0 radical (unpaired) electrons. The van der Waals surface area contributed by atoms with Gasteiger partial charge in [0.15, 0.2) is 0 Å². The molecule has 0 spiro atoms. The third kappa shape index (κ3) is 5.21. The molecule has 3 heteroatoms. The Morgan fingerprint density at radius 2 is 1.68 bits per heavy atom. The van der Waals surface area contributed by atoms with E-state index in [4.69, 9.17) is 4.74 Å². The van der Waals surface area contributed by atoms with Crippen molar-refractivity contribution in [3.8, 4) is 5.75 Å². The third-order valence-electron chi connectivity index (χ3n) is 3.75. The average Bonchev–Trinajstić information content (AvgIpc) is 2.43. The van der Waals surface area contributed by atoms with Crippen LogP contribution in [0.4, 0.5) is 0 Å². The van der Waals surface area contributed by atoms with E-state index >= 15 is 0 Å². The van der Waals surface area contributed by atoms with Crippen LogP contribution in [0.25, 0.3) is 0 Å². The summed E-state index contributed by atoms with van der Waals surface area (Å²) in [6, 6.07) is 8.30. The number of unbranched alkanes of at least 4 members (excludes halogenated alkanes) is 1. The number of aryl methyl sites for hydroxylation is 1. The lowest BCUT2D eigenvalue weighted by Gasteiger charge is -2.32. The molecule has 1 aliphatic heterocycles. The van der Waals surface area contributed by atoms with Crippen molar-refractivity contribution in [2.24, 2.45) is 0 Å². The monoisotopic (exact) mass is 262 g/mol. The Bertz CT molecular complexity index is 356. The van der Waals surface area contributed by atoms with Crippen LogP contribution in [-0.2, 0) is 0 Å². The molecule has 19 heavy (non-hydrogen) atoms. The summed E-state index contributed by atoms with van der Waals surface area (Å²) in [5.74, 6) is 0.991. The van der Waals surface area contributed by atoms with Gasteiger partial charge in [0.2, 0.25) is 0 Å². The minimum absolute atomic E-state index is 0.830. The number of likely N-dealkylation sites (N-methyl/N-ethyl adjacent to an activating group) is 1. The van der Waals surface area contributed by atoms with Gasteiger partial charge in [-0.2, -0.15) is 0 Å². The number of piperazine rings is 1. The molecule has 106 valence electrons. The Hall–Kier alpha value is -1.06. The first-order valence-electron chi connectivity index (χ1n) is 7.34. The predicted octanol–water partition coefficient (Wildman–Crippen LogP) is 2.40. The zero-order valence-electron chi connectivity index (χ0n) is 12.3. The highest BCUT2D eigenvalue weighted by atomic mass is 16.5. The highest BCUT2D eigenvalue weighted by Crippen LogP contribution is 2.12. The van der Waals surface area contributed by atoms with Gasteiger partial charge < -0.3 is 14.5 Å². The fourth-order valence-electron chi connectivity index (χ4n) is 2.33. The number of ether oxygens (including phenoxy) is 1. The fourth-order valence-corrected chi connectivity index (χ4v) is 2.33. The first-order chi connectivity index (χ1) is 9.24. The molecule has 0 saturated carbocycles. The minimum atomic E-state index is 0.830. The molecule has 0 aromatic heterocycles. The van der Waals surface area contributed by atoms with E-state index in [1.54, 1.807) is 0 Å². The van der Waals surface area contributed by atoms with Gasteiger partial charge in [-0.05, 0) is 45.5 Å². The number of hydrogen-bond donors (Lipinski definition) is 0. The average molecular weight is 262 g/mol. The minimum Gasteiger partial charge on any atom is -0.494 e. The van der Waals surface area contributed by atoms with Crippen LogP contribution < -0.4 is 4.74 Å². The van der Waals surface area contributed by atoms with Crippen molar-refractivity contribution in [1.29, 1.82) is 0 Å². The molecule has 1 aliphatic rings. The molecular formula is C16H26N2O. The molecule has 0 amide bonds. The van der Waals surface area contributed by atoms with Crippen molar-refractivity contribution in [3.05, 3.63) is 29.8 Å². The molecule has 3 nitrogen and oxygen atoms in total. The first-order valence-corrected chi connectivity index (χ1v) is 7.34. The van der Waals surface area contributed by atoms with Crippen LogP contribution in [0.5, 0.6) is 5.75 Å². The van der Waals surface area contributed by atoms with Gasteiger partial charge in [-0.25, -0.2) is 0 Å². The quantitative estimate of drug-likeness (QED) is 0.732. The maximum absolute atomic E-state index is 5.74.